The molecule has 0 amide bonds. The average molecular weight is 350 g/mol. The number of imidazole rings is 1. The molecule has 0 atom stereocenters. The third-order valence-electron chi connectivity index (χ3n) is 2.32. The Morgan fingerprint density at radius 1 is 1.50 bits per heavy atom. The maximum Gasteiger partial charge on any atom is 0.259 e. The topological polar surface area (TPSA) is 64.0 Å². The van der Waals surface area contributed by atoms with Crippen molar-refractivity contribution in [3.63, 3.8) is 0 Å². The van der Waals surface area contributed by atoms with Gasteiger partial charge < -0.3 is 4.57 Å². The lowest BCUT2D eigenvalue weighted by atomic mass is 10.5. The number of aryl methyl sites for hydroxylation is 1. The molecule has 0 fully saturated rings. The molecular formula is C10H12BrN3O2S2. The molecule has 98 valence electrons. The molecule has 0 aliphatic carbocycles. The van der Waals surface area contributed by atoms with Gasteiger partial charge >= 0.3 is 0 Å². The van der Waals surface area contributed by atoms with Gasteiger partial charge in [0.25, 0.3) is 10.0 Å². The molecule has 0 saturated carbocycles. The lowest BCUT2D eigenvalue weighted by Crippen LogP contribution is -2.23. The van der Waals surface area contributed by atoms with Gasteiger partial charge in [0, 0.05) is 24.2 Å². The molecule has 0 saturated heterocycles. The van der Waals surface area contributed by atoms with Crippen molar-refractivity contribution in [1.29, 1.82) is 0 Å². The third-order valence-corrected chi connectivity index (χ3v) is 5.22. The number of rotatable bonds is 5. The van der Waals surface area contributed by atoms with E-state index < -0.39 is 10.0 Å². The number of nitrogens with zero attached hydrogens (tertiary/aromatic N) is 2. The number of nitrogens with one attached hydrogen (secondary N) is 1. The number of hydrogen-bond donors (Lipinski definition) is 1. The van der Waals surface area contributed by atoms with Crippen LogP contribution >= 0.6 is 27.3 Å². The second-order valence-corrected chi connectivity index (χ2v) is 7.83. The highest BCUT2D eigenvalue weighted by atomic mass is 79.9. The van der Waals surface area contributed by atoms with Crippen LogP contribution in [0.1, 0.15) is 11.8 Å². The van der Waals surface area contributed by atoms with Crippen molar-refractivity contribution in [2.75, 3.05) is 0 Å². The van der Waals surface area contributed by atoms with E-state index in [4.69, 9.17) is 0 Å². The van der Waals surface area contributed by atoms with Crippen LogP contribution in [0, 0.1) is 0 Å². The maximum absolute atomic E-state index is 11.9. The van der Waals surface area contributed by atoms with E-state index in [-0.39, 0.29) is 11.6 Å². The van der Waals surface area contributed by atoms with Crippen LogP contribution in [-0.2, 0) is 23.1 Å². The summed E-state index contributed by atoms with van der Waals surface area (Å²) in [5.74, 6) is 0. The lowest BCUT2D eigenvalue weighted by Gasteiger charge is -2.02. The molecule has 0 radical (unpaired) electrons. The summed E-state index contributed by atoms with van der Waals surface area (Å²) in [5.41, 5.74) is 0. The van der Waals surface area contributed by atoms with Crippen molar-refractivity contribution in [1.82, 2.24) is 14.3 Å². The Kier molecular flexibility index (Phi) is 4.21. The molecule has 1 N–H and O–H groups in total. The van der Waals surface area contributed by atoms with Gasteiger partial charge in [0.15, 0.2) is 5.03 Å². The van der Waals surface area contributed by atoms with Crippen molar-refractivity contribution >= 4 is 37.3 Å². The Hall–Kier alpha value is -0.700. The van der Waals surface area contributed by atoms with E-state index in [1.165, 1.54) is 23.9 Å². The molecule has 18 heavy (non-hydrogen) atoms. The fourth-order valence-electron chi connectivity index (χ4n) is 1.34. The molecule has 2 aromatic heterocycles. The Morgan fingerprint density at radius 3 is 2.83 bits per heavy atom. The largest absolute Gasteiger partial charge is 0.336 e. The minimum Gasteiger partial charge on any atom is -0.336 e. The Morgan fingerprint density at radius 2 is 2.28 bits per heavy atom. The molecule has 2 rings (SSSR count). The predicted molar refractivity (Wildman–Crippen MR) is 73.9 cm³/mol. The van der Waals surface area contributed by atoms with Crippen LogP contribution in [0.25, 0.3) is 0 Å². The van der Waals surface area contributed by atoms with Gasteiger partial charge in [-0.3, -0.25) is 0 Å². The van der Waals surface area contributed by atoms with Crippen LogP contribution in [0.4, 0.5) is 0 Å². The van der Waals surface area contributed by atoms with Crippen LogP contribution in [-0.4, -0.2) is 18.0 Å². The van der Waals surface area contributed by atoms with Crippen molar-refractivity contribution in [3.05, 3.63) is 33.3 Å². The second kappa shape index (κ2) is 5.52. The van der Waals surface area contributed by atoms with Crippen molar-refractivity contribution < 1.29 is 8.42 Å². The summed E-state index contributed by atoms with van der Waals surface area (Å²) < 4.78 is 29.1. The first-order chi connectivity index (χ1) is 8.51. The van der Waals surface area contributed by atoms with Crippen LogP contribution in [0.2, 0.25) is 0 Å². The van der Waals surface area contributed by atoms with Gasteiger partial charge in [-0.2, -0.15) is 0 Å². The highest BCUT2D eigenvalue weighted by Gasteiger charge is 2.17. The van der Waals surface area contributed by atoms with Crippen LogP contribution in [0.15, 0.2) is 33.5 Å². The molecule has 0 aliphatic heterocycles. The standard InChI is InChI=1S/C10H12BrN3O2S2/c1-2-14-6-10(12-7-14)18(15,16)13-5-8-3-4-9(11)17-8/h3-4,6-7,13H,2,5H2,1H3. The highest BCUT2D eigenvalue weighted by Crippen LogP contribution is 2.22. The average Bonchev–Trinajstić information content (AvgIpc) is 2.95. The van der Waals surface area contributed by atoms with Crippen LogP contribution < -0.4 is 4.72 Å². The predicted octanol–water partition coefficient (Wildman–Crippen LogP) is 2.21. The first kappa shape index (κ1) is 13.7. The normalized spacial score (nSPS) is 11.9. The van der Waals surface area contributed by atoms with Crippen LogP contribution in [0.5, 0.6) is 0 Å². The number of aromatic nitrogens is 2. The van der Waals surface area contributed by atoms with Gasteiger partial charge in [-0.05, 0) is 35.0 Å². The Labute approximate surface area is 118 Å². The first-order valence-electron chi connectivity index (χ1n) is 5.27. The number of hydrogen-bond acceptors (Lipinski definition) is 4. The molecule has 0 aliphatic rings. The summed E-state index contributed by atoms with van der Waals surface area (Å²) in [4.78, 5) is 4.83. The number of halogens is 1. The first-order valence-corrected chi connectivity index (χ1v) is 8.36. The highest BCUT2D eigenvalue weighted by molar-refractivity contribution is 9.11. The van der Waals surface area contributed by atoms with Gasteiger partial charge in [0.05, 0.1) is 10.1 Å². The molecule has 0 unspecified atom stereocenters. The second-order valence-electron chi connectivity index (χ2n) is 3.57. The summed E-state index contributed by atoms with van der Waals surface area (Å²) in [6.45, 7) is 2.90. The summed E-state index contributed by atoms with van der Waals surface area (Å²) in [6, 6.07) is 3.77. The van der Waals surface area contributed by atoms with E-state index in [0.717, 1.165) is 8.66 Å². The van der Waals surface area contributed by atoms with E-state index in [1.54, 1.807) is 4.57 Å². The van der Waals surface area contributed by atoms with E-state index in [9.17, 15) is 8.42 Å². The fraction of sp³-hybridized carbons (Fsp3) is 0.300. The molecule has 0 aromatic carbocycles. The molecule has 2 aromatic rings. The zero-order valence-corrected chi connectivity index (χ0v) is 12.8. The molecule has 0 bridgehead atoms. The summed E-state index contributed by atoms with van der Waals surface area (Å²) in [6.07, 6.45) is 3.03. The summed E-state index contributed by atoms with van der Waals surface area (Å²) in [7, 11) is -3.53. The van der Waals surface area contributed by atoms with Crippen LogP contribution in [0.3, 0.4) is 0 Å². The van der Waals surface area contributed by atoms with Crippen molar-refractivity contribution in [2.45, 2.75) is 25.0 Å². The van der Waals surface area contributed by atoms with Gasteiger partial charge in [0.1, 0.15) is 0 Å². The molecule has 2 heterocycles. The van der Waals surface area contributed by atoms with E-state index in [0.29, 0.717) is 6.54 Å². The van der Waals surface area contributed by atoms with E-state index in [1.807, 2.05) is 19.1 Å². The fourth-order valence-corrected chi connectivity index (χ4v) is 3.81. The molecule has 8 heteroatoms. The monoisotopic (exact) mass is 349 g/mol. The molecular weight excluding hydrogens is 338 g/mol. The smallest absolute Gasteiger partial charge is 0.259 e. The minimum absolute atomic E-state index is 0.0555. The van der Waals surface area contributed by atoms with Crippen molar-refractivity contribution in [2.24, 2.45) is 0 Å². The van der Waals surface area contributed by atoms with E-state index >= 15 is 0 Å². The molecule has 0 spiro atoms. The SMILES string of the molecule is CCn1cnc(S(=O)(=O)NCc2ccc(Br)s2)c1. The summed E-state index contributed by atoms with van der Waals surface area (Å²) in [5, 5.41) is 0.0555. The van der Waals surface area contributed by atoms with Gasteiger partial charge in [-0.15, -0.1) is 11.3 Å². The quantitative estimate of drug-likeness (QED) is 0.899. The maximum atomic E-state index is 11.9. The van der Waals surface area contributed by atoms with Gasteiger partial charge in [0.2, 0.25) is 0 Å². The minimum atomic E-state index is -3.53. The number of thiophene rings is 1. The van der Waals surface area contributed by atoms with E-state index in [2.05, 4.69) is 25.6 Å². The lowest BCUT2D eigenvalue weighted by molar-refractivity contribution is 0.578. The Balaban J connectivity index is 2.07. The number of sulfonamides is 1. The molecule has 5 nitrogen and oxygen atoms in total. The van der Waals surface area contributed by atoms with Gasteiger partial charge in [-0.1, -0.05) is 0 Å². The van der Waals surface area contributed by atoms with Crippen molar-refractivity contribution in [3.8, 4) is 0 Å². The zero-order chi connectivity index (χ0) is 13.2. The third kappa shape index (κ3) is 3.19. The zero-order valence-electron chi connectivity index (χ0n) is 9.63. The summed E-state index contributed by atoms with van der Waals surface area (Å²) >= 11 is 4.83. The van der Waals surface area contributed by atoms with Gasteiger partial charge in [-0.25, -0.2) is 18.1 Å². The Bertz CT molecular complexity index is 633.